The summed E-state index contributed by atoms with van der Waals surface area (Å²) in [6.45, 7) is 1.69. The van der Waals surface area contributed by atoms with E-state index >= 15 is 0 Å². The van der Waals surface area contributed by atoms with Crippen LogP contribution in [0.25, 0.3) is 10.9 Å². The zero-order valence-electron chi connectivity index (χ0n) is 16.5. The number of aryl methyl sites for hydroxylation is 2. The number of amides is 1. The van der Waals surface area contributed by atoms with Crippen molar-refractivity contribution >= 4 is 28.5 Å². The zero-order valence-corrected chi connectivity index (χ0v) is 16.5. The summed E-state index contributed by atoms with van der Waals surface area (Å²) < 4.78 is 6.47. The van der Waals surface area contributed by atoms with Crippen LogP contribution in [0, 0.1) is 0 Å². The van der Waals surface area contributed by atoms with Crippen LogP contribution in [0.1, 0.15) is 24.7 Å². The van der Waals surface area contributed by atoms with Crippen molar-refractivity contribution in [2.24, 2.45) is 7.05 Å². The van der Waals surface area contributed by atoms with Crippen LogP contribution in [0.2, 0.25) is 0 Å². The van der Waals surface area contributed by atoms with Crippen molar-refractivity contribution in [1.82, 2.24) is 9.55 Å². The molecular formula is C22H23N3O4. The summed E-state index contributed by atoms with van der Waals surface area (Å²) >= 11 is 0. The van der Waals surface area contributed by atoms with Crippen LogP contribution in [0.15, 0.2) is 53.3 Å². The van der Waals surface area contributed by atoms with Crippen molar-refractivity contribution in [2.75, 3.05) is 11.9 Å². The van der Waals surface area contributed by atoms with Gasteiger partial charge in [0.25, 0.3) is 11.5 Å². The third-order valence-corrected chi connectivity index (χ3v) is 4.64. The molecule has 0 saturated heterocycles. The van der Waals surface area contributed by atoms with Gasteiger partial charge in [0.2, 0.25) is 0 Å². The lowest BCUT2D eigenvalue weighted by molar-refractivity contribution is -0.147. The second-order valence-corrected chi connectivity index (χ2v) is 6.67. The maximum absolute atomic E-state index is 12.4. The molecule has 2 aromatic carbocycles. The van der Waals surface area contributed by atoms with Crippen LogP contribution >= 0.6 is 0 Å². The molecule has 0 aliphatic heterocycles. The molecule has 0 spiro atoms. The smallest absolute Gasteiger partial charge is 0.306 e. The molecule has 0 atom stereocenters. The number of nitrogens with zero attached hydrogens (tertiary/aromatic N) is 2. The Hall–Kier alpha value is -3.48. The highest BCUT2D eigenvalue weighted by atomic mass is 16.5. The van der Waals surface area contributed by atoms with Crippen molar-refractivity contribution < 1.29 is 14.3 Å². The summed E-state index contributed by atoms with van der Waals surface area (Å²) in [7, 11) is 1.62. The van der Waals surface area contributed by atoms with Gasteiger partial charge in [-0.05, 0) is 36.2 Å². The number of nitrogens with one attached hydrogen (secondary N) is 1. The Bertz CT molecular complexity index is 1090. The van der Waals surface area contributed by atoms with Crippen LogP contribution in [-0.2, 0) is 34.2 Å². The van der Waals surface area contributed by atoms with E-state index in [0.29, 0.717) is 22.4 Å². The second kappa shape index (κ2) is 9.14. The normalized spacial score (nSPS) is 10.7. The first-order chi connectivity index (χ1) is 14.0. The fourth-order valence-corrected chi connectivity index (χ4v) is 2.94. The van der Waals surface area contributed by atoms with Gasteiger partial charge < -0.3 is 10.1 Å². The van der Waals surface area contributed by atoms with E-state index in [0.717, 1.165) is 6.42 Å². The molecule has 0 unspecified atom stereocenters. The molecule has 1 aromatic heterocycles. The minimum Gasteiger partial charge on any atom is -0.456 e. The largest absolute Gasteiger partial charge is 0.456 e. The van der Waals surface area contributed by atoms with Gasteiger partial charge in [0.15, 0.2) is 6.61 Å². The Kier molecular flexibility index (Phi) is 6.39. The fraction of sp³-hybridized carbons (Fsp3) is 0.273. The number of aromatic nitrogens is 2. The van der Waals surface area contributed by atoms with Gasteiger partial charge in [0.1, 0.15) is 5.82 Å². The third kappa shape index (κ3) is 5.07. The number of para-hydroxylation sites is 1. The van der Waals surface area contributed by atoms with Crippen molar-refractivity contribution in [3.8, 4) is 0 Å². The predicted octanol–water partition coefficient (Wildman–Crippen LogP) is 2.61. The van der Waals surface area contributed by atoms with E-state index in [9.17, 15) is 14.4 Å². The van der Waals surface area contributed by atoms with E-state index in [-0.39, 0.29) is 25.0 Å². The van der Waals surface area contributed by atoms with Crippen molar-refractivity contribution in [3.05, 3.63) is 70.3 Å². The number of ether oxygens (including phenoxy) is 1. The molecule has 1 heterocycles. The highest BCUT2D eigenvalue weighted by molar-refractivity contribution is 5.92. The minimum atomic E-state index is -0.524. The molecule has 3 rings (SSSR count). The van der Waals surface area contributed by atoms with E-state index in [4.69, 9.17) is 4.74 Å². The Morgan fingerprint density at radius 2 is 1.83 bits per heavy atom. The standard InChI is InChI=1S/C22H23N3O4/c1-3-15-8-10-16(11-9-15)23-20(26)14-29-21(27)13-12-19-24-18-7-5-4-6-17(18)22(28)25(19)2/h4-11H,3,12-14H2,1-2H3,(H,23,26). The van der Waals surface area contributed by atoms with Gasteiger partial charge in [-0.1, -0.05) is 31.2 Å². The zero-order chi connectivity index (χ0) is 20.8. The minimum absolute atomic E-state index is 0.0249. The van der Waals surface area contributed by atoms with Gasteiger partial charge in [-0.15, -0.1) is 0 Å². The highest BCUT2D eigenvalue weighted by Crippen LogP contribution is 2.10. The first-order valence-corrected chi connectivity index (χ1v) is 9.47. The van der Waals surface area contributed by atoms with Crippen LogP contribution in [-0.4, -0.2) is 28.0 Å². The number of hydrogen-bond donors (Lipinski definition) is 1. The number of fused-ring (bicyclic) bond motifs is 1. The van der Waals surface area contributed by atoms with E-state index in [2.05, 4.69) is 17.2 Å². The third-order valence-electron chi connectivity index (χ3n) is 4.64. The Balaban J connectivity index is 1.52. The summed E-state index contributed by atoms with van der Waals surface area (Å²) in [5.74, 6) is -0.436. The lowest BCUT2D eigenvalue weighted by Gasteiger charge is -2.09. The molecule has 0 bridgehead atoms. The van der Waals surface area contributed by atoms with E-state index in [1.165, 1.54) is 10.1 Å². The SMILES string of the molecule is CCc1ccc(NC(=O)COC(=O)CCc2nc3ccccc3c(=O)n2C)cc1. The summed E-state index contributed by atoms with van der Waals surface area (Å²) in [5, 5.41) is 3.22. The van der Waals surface area contributed by atoms with Crippen molar-refractivity contribution in [3.63, 3.8) is 0 Å². The average molecular weight is 393 g/mol. The first-order valence-electron chi connectivity index (χ1n) is 9.47. The number of esters is 1. The predicted molar refractivity (Wildman–Crippen MR) is 111 cm³/mol. The molecule has 7 nitrogen and oxygen atoms in total. The number of carbonyl (C=O) groups excluding carboxylic acids is 2. The molecule has 1 amide bonds. The molecule has 0 fully saturated rings. The van der Waals surface area contributed by atoms with Crippen molar-refractivity contribution in [1.29, 1.82) is 0 Å². The lowest BCUT2D eigenvalue weighted by atomic mass is 10.1. The van der Waals surface area contributed by atoms with E-state index in [1.807, 2.05) is 24.3 Å². The average Bonchev–Trinajstić information content (AvgIpc) is 2.74. The first kappa shape index (κ1) is 20.3. The van der Waals surface area contributed by atoms with Gasteiger partial charge >= 0.3 is 5.97 Å². The van der Waals surface area contributed by atoms with Crippen LogP contribution in [0.4, 0.5) is 5.69 Å². The highest BCUT2D eigenvalue weighted by Gasteiger charge is 2.12. The van der Waals surface area contributed by atoms with Gasteiger partial charge in [-0.25, -0.2) is 4.98 Å². The number of anilines is 1. The lowest BCUT2D eigenvalue weighted by Crippen LogP contribution is -2.24. The quantitative estimate of drug-likeness (QED) is 0.623. The molecule has 0 aliphatic carbocycles. The number of carbonyl (C=O) groups is 2. The molecule has 29 heavy (non-hydrogen) atoms. The van der Waals surface area contributed by atoms with E-state index < -0.39 is 11.9 Å². The molecule has 0 radical (unpaired) electrons. The number of hydrogen-bond acceptors (Lipinski definition) is 5. The maximum atomic E-state index is 12.4. The number of rotatable bonds is 7. The molecule has 0 aliphatic rings. The maximum Gasteiger partial charge on any atom is 0.306 e. The summed E-state index contributed by atoms with van der Waals surface area (Å²) in [6, 6.07) is 14.6. The molecule has 3 aromatic rings. The summed E-state index contributed by atoms with van der Waals surface area (Å²) in [4.78, 5) is 40.8. The Morgan fingerprint density at radius 3 is 2.55 bits per heavy atom. The van der Waals surface area contributed by atoms with Gasteiger partial charge in [0, 0.05) is 19.2 Å². The molecule has 7 heteroatoms. The topological polar surface area (TPSA) is 90.3 Å². The van der Waals surface area contributed by atoms with Gasteiger partial charge in [0.05, 0.1) is 17.3 Å². The Morgan fingerprint density at radius 1 is 1.10 bits per heavy atom. The van der Waals surface area contributed by atoms with Crippen LogP contribution in [0.3, 0.4) is 0 Å². The molecule has 0 saturated carbocycles. The van der Waals surface area contributed by atoms with E-state index in [1.54, 1.807) is 31.3 Å². The summed E-state index contributed by atoms with van der Waals surface area (Å²) in [6.07, 6.45) is 1.19. The fourth-order valence-electron chi connectivity index (χ4n) is 2.94. The second-order valence-electron chi connectivity index (χ2n) is 6.67. The monoisotopic (exact) mass is 393 g/mol. The number of benzene rings is 2. The Labute approximate surface area is 168 Å². The van der Waals surface area contributed by atoms with Crippen LogP contribution < -0.4 is 10.9 Å². The van der Waals surface area contributed by atoms with Crippen LogP contribution in [0.5, 0.6) is 0 Å². The molecule has 1 N–H and O–H groups in total. The van der Waals surface area contributed by atoms with Gasteiger partial charge in [-0.3, -0.25) is 19.0 Å². The van der Waals surface area contributed by atoms with Gasteiger partial charge in [-0.2, -0.15) is 0 Å². The summed E-state index contributed by atoms with van der Waals surface area (Å²) in [5.41, 5.74) is 2.25. The molecule has 150 valence electrons. The van der Waals surface area contributed by atoms with Crippen molar-refractivity contribution in [2.45, 2.75) is 26.2 Å². The molecular weight excluding hydrogens is 370 g/mol.